The predicted molar refractivity (Wildman–Crippen MR) is 90.9 cm³/mol. The van der Waals surface area contributed by atoms with Gasteiger partial charge in [0.1, 0.15) is 7.28 Å². The van der Waals surface area contributed by atoms with Crippen molar-refractivity contribution in [3.05, 3.63) is 23.8 Å². The van der Waals surface area contributed by atoms with Crippen LogP contribution in [0.1, 0.15) is 46.5 Å². The Bertz CT molecular complexity index is 510. The first-order chi connectivity index (χ1) is 10.4. The molecule has 1 saturated carbocycles. The summed E-state index contributed by atoms with van der Waals surface area (Å²) < 4.78 is 0. The van der Waals surface area contributed by atoms with Gasteiger partial charge in [-0.2, -0.15) is 0 Å². The lowest BCUT2D eigenvalue weighted by Crippen LogP contribution is -2.47. The Labute approximate surface area is 135 Å². The first-order valence-electron chi connectivity index (χ1n) is 8.87. The number of aliphatic hydroxyl groups excluding tert-OH is 1. The molecule has 1 aliphatic heterocycles. The molecule has 0 bridgehead atoms. The highest BCUT2D eigenvalue weighted by Crippen LogP contribution is 2.55. The molecule has 1 saturated heterocycles. The molecule has 2 fully saturated rings. The molecule has 0 spiro atoms. The van der Waals surface area contributed by atoms with Crippen molar-refractivity contribution in [2.45, 2.75) is 64.7 Å². The third-order valence-electron chi connectivity index (χ3n) is 6.51. The van der Waals surface area contributed by atoms with Gasteiger partial charge in [0, 0.05) is 5.41 Å². The van der Waals surface area contributed by atoms with E-state index in [0.717, 1.165) is 19.2 Å². The third-order valence-corrected chi connectivity index (χ3v) is 6.51. The van der Waals surface area contributed by atoms with Crippen LogP contribution in [-0.2, 0) is 4.79 Å². The fraction of sp³-hybridized carbons (Fsp3) is 0.737. The number of allylic oxidation sites excluding steroid dienone is 4. The van der Waals surface area contributed by atoms with Gasteiger partial charge < -0.3 is 5.11 Å². The molecule has 6 atom stereocenters. The summed E-state index contributed by atoms with van der Waals surface area (Å²) in [6.07, 6.45) is 10.7. The lowest BCUT2D eigenvalue weighted by atomic mass is 9.52. The highest BCUT2D eigenvalue weighted by Gasteiger charge is 2.49. The van der Waals surface area contributed by atoms with Crippen molar-refractivity contribution in [1.82, 2.24) is 0 Å². The van der Waals surface area contributed by atoms with E-state index in [1.54, 1.807) is 6.08 Å². The molecule has 0 aromatic heterocycles. The van der Waals surface area contributed by atoms with Crippen molar-refractivity contribution in [3.8, 4) is 0 Å². The lowest BCUT2D eigenvalue weighted by molar-refractivity contribution is -0.111. The fourth-order valence-electron chi connectivity index (χ4n) is 5.05. The maximum Gasteiger partial charge on any atom is 0.178 e. The van der Waals surface area contributed by atoms with Gasteiger partial charge in [0.05, 0.1) is 6.10 Å². The molecule has 1 radical (unpaired) electrons. The molecule has 2 aliphatic carbocycles. The molecule has 0 aromatic carbocycles. The molecular formula is C19H28BO2. The maximum absolute atomic E-state index is 11.8. The number of hydrogen-bond donors (Lipinski definition) is 1. The molecule has 6 unspecified atom stereocenters. The minimum atomic E-state index is -0.306. The molecule has 22 heavy (non-hydrogen) atoms. The smallest absolute Gasteiger partial charge is 0.178 e. The van der Waals surface area contributed by atoms with Crippen LogP contribution in [0.15, 0.2) is 23.8 Å². The standard InChI is InChI=1S/C19H28BO2/c1-12-4-5-13(2)20-11-17(22)18-16(12)7-6-14-10-15(21)8-9-19(14,18)3/h8-10,12-13,16-18,22H,4-7,11H2,1-3H3. The van der Waals surface area contributed by atoms with E-state index in [-0.39, 0.29) is 23.2 Å². The highest BCUT2D eigenvalue weighted by atomic mass is 16.3. The van der Waals surface area contributed by atoms with E-state index in [1.807, 2.05) is 6.08 Å². The Morgan fingerprint density at radius 3 is 2.82 bits per heavy atom. The topological polar surface area (TPSA) is 37.3 Å². The monoisotopic (exact) mass is 299 g/mol. The summed E-state index contributed by atoms with van der Waals surface area (Å²) in [6.45, 7) is 6.86. The van der Waals surface area contributed by atoms with Gasteiger partial charge in [-0.3, -0.25) is 4.79 Å². The molecule has 119 valence electrons. The Hall–Kier alpha value is -0.825. The molecule has 2 nitrogen and oxygen atoms in total. The highest BCUT2D eigenvalue weighted by molar-refractivity contribution is 6.37. The average molecular weight is 299 g/mol. The second kappa shape index (κ2) is 6.00. The summed E-state index contributed by atoms with van der Waals surface area (Å²) in [7, 11) is 2.30. The van der Waals surface area contributed by atoms with Crippen LogP contribution in [0.4, 0.5) is 0 Å². The molecule has 0 amide bonds. The van der Waals surface area contributed by atoms with Crippen molar-refractivity contribution in [1.29, 1.82) is 0 Å². The number of aliphatic hydroxyl groups is 1. The Morgan fingerprint density at radius 1 is 1.27 bits per heavy atom. The van der Waals surface area contributed by atoms with Gasteiger partial charge in [-0.05, 0) is 42.7 Å². The zero-order valence-corrected chi connectivity index (χ0v) is 14.1. The number of ketones is 1. The zero-order valence-electron chi connectivity index (χ0n) is 14.1. The van der Waals surface area contributed by atoms with E-state index in [0.29, 0.717) is 17.7 Å². The Balaban J connectivity index is 1.97. The second-order valence-electron chi connectivity index (χ2n) is 7.99. The summed E-state index contributed by atoms with van der Waals surface area (Å²) in [5, 5.41) is 11.0. The quantitative estimate of drug-likeness (QED) is 0.691. The third kappa shape index (κ3) is 2.73. The van der Waals surface area contributed by atoms with Crippen molar-refractivity contribution < 1.29 is 9.90 Å². The normalized spacial score (nSPS) is 45.5. The van der Waals surface area contributed by atoms with E-state index < -0.39 is 0 Å². The van der Waals surface area contributed by atoms with E-state index in [9.17, 15) is 9.90 Å². The van der Waals surface area contributed by atoms with Crippen LogP contribution in [0.25, 0.3) is 0 Å². The van der Waals surface area contributed by atoms with Crippen molar-refractivity contribution in [2.75, 3.05) is 0 Å². The number of hydrogen-bond acceptors (Lipinski definition) is 2. The van der Waals surface area contributed by atoms with Gasteiger partial charge in [-0.25, -0.2) is 0 Å². The van der Waals surface area contributed by atoms with Crippen LogP contribution in [0.2, 0.25) is 12.1 Å². The van der Waals surface area contributed by atoms with Crippen LogP contribution in [-0.4, -0.2) is 24.3 Å². The van der Waals surface area contributed by atoms with Crippen LogP contribution in [0, 0.1) is 23.2 Å². The van der Waals surface area contributed by atoms with Crippen molar-refractivity contribution in [3.63, 3.8) is 0 Å². The van der Waals surface area contributed by atoms with E-state index in [1.165, 1.54) is 18.4 Å². The zero-order chi connectivity index (χ0) is 15.9. The van der Waals surface area contributed by atoms with Gasteiger partial charge in [0.2, 0.25) is 0 Å². The SMILES string of the molecule is CC1[B]CC(O)C2C(CCC3=CC(=O)C=CC32C)C(C)CC1. The molecule has 1 heterocycles. The molecule has 1 N–H and O–H groups in total. The largest absolute Gasteiger partial charge is 0.394 e. The summed E-state index contributed by atoms with van der Waals surface area (Å²) in [5.74, 6) is 2.11. The Kier molecular flexibility index (Phi) is 4.37. The van der Waals surface area contributed by atoms with E-state index in [4.69, 9.17) is 0 Å². The van der Waals surface area contributed by atoms with Crippen LogP contribution in [0.3, 0.4) is 0 Å². The molecular weight excluding hydrogens is 271 g/mol. The van der Waals surface area contributed by atoms with Crippen molar-refractivity contribution in [2.24, 2.45) is 23.2 Å². The summed E-state index contributed by atoms with van der Waals surface area (Å²) in [4.78, 5) is 11.8. The first-order valence-corrected chi connectivity index (χ1v) is 8.87. The molecule has 3 heteroatoms. The lowest BCUT2D eigenvalue weighted by Gasteiger charge is -2.51. The maximum atomic E-state index is 11.8. The predicted octanol–water partition coefficient (Wildman–Crippen LogP) is 3.81. The summed E-state index contributed by atoms with van der Waals surface area (Å²) >= 11 is 0. The van der Waals surface area contributed by atoms with Gasteiger partial charge >= 0.3 is 0 Å². The molecule has 3 rings (SSSR count). The number of carbonyl (C=O) groups excluding carboxylic acids is 1. The van der Waals surface area contributed by atoms with Gasteiger partial charge in [0.15, 0.2) is 5.78 Å². The van der Waals surface area contributed by atoms with Crippen molar-refractivity contribution >= 4 is 13.1 Å². The summed E-state index contributed by atoms with van der Waals surface area (Å²) in [6, 6.07) is 0. The van der Waals surface area contributed by atoms with Crippen LogP contribution >= 0.6 is 0 Å². The van der Waals surface area contributed by atoms with E-state index in [2.05, 4.69) is 34.1 Å². The molecule has 3 aliphatic rings. The minimum absolute atomic E-state index is 0.108. The number of carbonyl (C=O) groups is 1. The number of rotatable bonds is 0. The van der Waals surface area contributed by atoms with E-state index >= 15 is 0 Å². The Morgan fingerprint density at radius 2 is 2.05 bits per heavy atom. The summed E-state index contributed by atoms with van der Waals surface area (Å²) in [5.41, 5.74) is 1.09. The second-order valence-corrected chi connectivity index (χ2v) is 7.99. The molecule has 0 aromatic rings. The van der Waals surface area contributed by atoms with Crippen LogP contribution < -0.4 is 0 Å². The fourth-order valence-corrected chi connectivity index (χ4v) is 5.05. The average Bonchev–Trinajstić information content (AvgIpc) is 2.53. The van der Waals surface area contributed by atoms with Crippen LogP contribution in [0.5, 0.6) is 0 Å². The minimum Gasteiger partial charge on any atom is -0.394 e. The van der Waals surface area contributed by atoms with Gasteiger partial charge in [-0.15, -0.1) is 0 Å². The number of fused-ring (bicyclic) bond motifs is 3. The van der Waals surface area contributed by atoms with Gasteiger partial charge in [0.25, 0.3) is 0 Å². The first kappa shape index (κ1) is 16.0. The van der Waals surface area contributed by atoms with Gasteiger partial charge in [-0.1, -0.05) is 57.4 Å².